The molecule has 0 heterocycles. The van der Waals surface area contributed by atoms with Gasteiger partial charge in [-0.1, -0.05) is 224 Å². The Kier molecular flexibility index (Phi) is 7.13. The maximum absolute atomic E-state index is 2.56. The molecule has 0 atom stereocenters. The van der Waals surface area contributed by atoms with E-state index in [2.05, 4.69) is 231 Å². The molecule has 63 heavy (non-hydrogen) atoms. The predicted octanol–water partition coefficient (Wildman–Crippen LogP) is 16.8. The molecule has 2 aliphatic carbocycles. The molecule has 12 aromatic rings. The van der Waals surface area contributed by atoms with E-state index in [9.17, 15) is 0 Å². The summed E-state index contributed by atoms with van der Waals surface area (Å²) in [5, 5.41) is 12.7. The lowest BCUT2D eigenvalue weighted by Gasteiger charge is -2.31. The van der Waals surface area contributed by atoms with E-state index in [0.29, 0.717) is 0 Å². The highest BCUT2D eigenvalue weighted by Gasteiger charge is 2.52. The molecule has 14 rings (SSSR count). The maximum atomic E-state index is 2.56. The van der Waals surface area contributed by atoms with Crippen molar-refractivity contribution in [2.45, 2.75) is 5.41 Å². The molecule has 0 aromatic heterocycles. The van der Waals surface area contributed by atoms with E-state index in [-0.39, 0.29) is 0 Å². The second kappa shape index (κ2) is 13.0. The van der Waals surface area contributed by atoms with Crippen LogP contribution in [-0.2, 0) is 5.41 Å². The van der Waals surface area contributed by atoms with Crippen molar-refractivity contribution < 1.29 is 0 Å². The Labute approximate surface area is 366 Å². The van der Waals surface area contributed by atoms with Gasteiger partial charge in [-0.2, -0.15) is 0 Å². The lowest BCUT2D eigenvalue weighted by molar-refractivity contribution is 0.795. The van der Waals surface area contributed by atoms with Crippen molar-refractivity contribution >= 4 is 53.9 Å². The summed E-state index contributed by atoms with van der Waals surface area (Å²) in [6, 6.07) is 86.6. The smallest absolute Gasteiger partial charge is 0.0619 e. The summed E-state index contributed by atoms with van der Waals surface area (Å²) < 4.78 is 0. The van der Waals surface area contributed by atoms with Gasteiger partial charge in [0.1, 0.15) is 0 Å². The average molecular weight is 795 g/mol. The summed E-state index contributed by atoms with van der Waals surface area (Å²) in [7, 11) is 0. The molecular weight excluding hydrogens is 757 g/mol. The molecule has 0 fully saturated rings. The fourth-order valence-corrected chi connectivity index (χ4v) is 12.0. The molecule has 0 radical (unpaired) electrons. The molecule has 0 saturated heterocycles. The quantitative estimate of drug-likeness (QED) is 0.156. The largest absolute Gasteiger partial charge is 0.0726 e. The van der Waals surface area contributed by atoms with E-state index < -0.39 is 5.41 Å². The van der Waals surface area contributed by atoms with Crippen LogP contribution in [0.15, 0.2) is 231 Å². The minimum absolute atomic E-state index is 0.454. The lowest BCUT2D eigenvalue weighted by atomic mass is 9.70. The zero-order valence-corrected chi connectivity index (χ0v) is 34.4. The molecule has 0 heteroatoms. The number of hydrogen-bond acceptors (Lipinski definition) is 0. The molecule has 0 aliphatic heterocycles. The molecule has 1 spiro atoms. The van der Waals surface area contributed by atoms with Crippen molar-refractivity contribution in [1.29, 1.82) is 0 Å². The van der Waals surface area contributed by atoms with Gasteiger partial charge in [-0.05, 0) is 138 Å². The number of hydrogen-bond donors (Lipinski definition) is 0. The van der Waals surface area contributed by atoms with Crippen LogP contribution < -0.4 is 0 Å². The van der Waals surface area contributed by atoms with Gasteiger partial charge in [0.2, 0.25) is 0 Å². The second-order valence-corrected chi connectivity index (χ2v) is 17.4. The summed E-state index contributed by atoms with van der Waals surface area (Å²) in [4.78, 5) is 0. The third-order valence-corrected chi connectivity index (χ3v) is 14.5. The Balaban J connectivity index is 1.02. The van der Waals surface area contributed by atoms with E-state index in [1.807, 2.05) is 0 Å². The highest BCUT2D eigenvalue weighted by Crippen LogP contribution is 2.65. The van der Waals surface area contributed by atoms with Crippen LogP contribution in [0.4, 0.5) is 0 Å². The molecule has 0 nitrogen and oxygen atoms in total. The molecule has 0 saturated carbocycles. The maximum Gasteiger partial charge on any atom is 0.0726 e. The Morgan fingerprint density at radius 2 is 0.635 bits per heavy atom. The van der Waals surface area contributed by atoms with Crippen LogP contribution in [-0.4, -0.2) is 0 Å². The van der Waals surface area contributed by atoms with Crippen molar-refractivity contribution in [3.8, 4) is 55.6 Å². The zero-order valence-electron chi connectivity index (χ0n) is 34.4. The van der Waals surface area contributed by atoms with Crippen LogP contribution in [0.2, 0.25) is 0 Å². The first-order valence-corrected chi connectivity index (χ1v) is 22.1. The van der Waals surface area contributed by atoms with Crippen LogP contribution in [0.25, 0.3) is 109 Å². The molecule has 2 aliphatic rings. The normalized spacial score (nSPS) is 13.2. The average Bonchev–Trinajstić information content (AvgIpc) is 3.83. The van der Waals surface area contributed by atoms with Gasteiger partial charge in [0.15, 0.2) is 0 Å². The van der Waals surface area contributed by atoms with Gasteiger partial charge in [-0.15, -0.1) is 0 Å². The van der Waals surface area contributed by atoms with Crippen LogP contribution in [0.5, 0.6) is 0 Å². The van der Waals surface area contributed by atoms with Crippen molar-refractivity contribution in [1.82, 2.24) is 0 Å². The zero-order chi connectivity index (χ0) is 41.2. The fourth-order valence-electron chi connectivity index (χ4n) is 12.0. The molecule has 12 aromatic carbocycles. The summed E-state index contributed by atoms with van der Waals surface area (Å²) in [6.45, 7) is 0. The van der Waals surface area contributed by atoms with Crippen LogP contribution in [0.1, 0.15) is 22.3 Å². The van der Waals surface area contributed by atoms with E-state index in [1.165, 1.54) is 132 Å². The van der Waals surface area contributed by atoms with Gasteiger partial charge in [0, 0.05) is 0 Å². The first-order valence-electron chi connectivity index (χ1n) is 22.1. The number of fused-ring (bicyclic) bond motifs is 17. The van der Waals surface area contributed by atoms with E-state index in [1.54, 1.807) is 0 Å². The van der Waals surface area contributed by atoms with Gasteiger partial charge in [-0.3, -0.25) is 0 Å². The Hall–Kier alpha value is -8.06. The van der Waals surface area contributed by atoms with E-state index in [0.717, 1.165) is 0 Å². The highest BCUT2D eigenvalue weighted by molar-refractivity contribution is 6.24. The van der Waals surface area contributed by atoms with Crippen LogP contribution >= 0.6 is 0 Å². The predicted molar refractivity (Wildman–Crippen MR) is 267 cm³/mol. The van der Waals surface area contributed by atoms with Crippen molar-refractivity contribution in [2.24, 2.45) is 0 Å². The van der Waals surface area contributed by atoms with Crippen LogP contribution in [0.3, 0.4) is 0 Å². The minimum atomic E-state index is -0.454. The monoisotopic (exact) mass is 794 g/mol. The molecule has 0 unspecified atom stereocenters. The number of benzene rings is 12. The summed E-state index contributed by atoms with van der Waals surface area (Å²) in [6.07, 6.45) is 0. The van der Waals surface area contributed by atoms with Gasteiger partial charge in [-0.25, -0.2) is 0 Å². The van der Waals surface area contributed by atoms with Gasteiger partial charge < -0.3 is 0 Å². The van der Waals surface area contributed by atoms with E-state index >= 15 is 0 Å². The lowest BCUT2D eigenvalue weighted by Crippen LogP contribution is -2.26. The highest BCUT2D eigenvalue weighted by atomic mass is 14.5. The molecular formula is C63H38. The molecule has 290 valence electrons. The van der Waals surface area contributed by atoms with Crippen molar-refractivity contribution in [2.75, 3.05) is 0 Å². The number of rotatable bonds is 3. The molecule has 0 bridgehead atoms. The SMILES string of the molecule is c1ccc2c(c1)-c1ccccc1C21c2ccc3ccccc3c2-c2c1cc(-c1ccc(-c3c4ccccc4c(-c4cccc5ccccc45)c4ccccc34)cc1)c1ccccc21. The van der Waals surface area contributed by atoms with E-state index in [4.69, 9.17) is 0 Å². The standard InChI is InChI=1S/C63H38/c1-3-19-43-39(16-1)18-15-29-48(43)60-52-27-9-7-25-50(52)59(51-26-8-10-28-53(51)60)42-34-32-41(33-35-42)54-38-58-62(49-24-6-5-21-45(49)54)61-44-20-4-2-17-40(44)36-37-57(61)63(58)55-30-13-11-22-46(55)47-23-12-14-31-56(47)63/h1-38H. The first kappa shape index (κ1) is 34.6. The van der Waals surface area contributed by atoms with Crippen LogP contribution in [0, 0.1) is 0 Å². The summed E-state index contributed by atoms with van der Waals surface area (Å²) in [5.74, 6) is 0. The second-order valence-electron chi connectivity index (χ2n) is 17.4. The minimum Gasteiger partial charge on any atom is -0.0619 e. The molecule has 0 amide bonds. The first-order chi connectivity index (χ1) is 31.3. The third kappa shape index (κ3) is 4.60. The summed E-state index contributed by atoms with van der Waals surface area (Å²) >= 11 is 0. The summed E-state index contributed by atoms with van der Waals surface area (Å²) in [5.41, 5.74) is 17.9. The van der Waals surface area contributed by atoms with Gasteiger partial charge >= 0.3 is 0 Å². The van der Waals surface area contributed by atoms with Crippen molar-refractivity contribution in [3.05, 3.63) is 253 Å². The van der Waals surface area contributed by atoms with Gasteiger partial charge in [0.25, 0.3) is 0 Å². The molecule has 0 N–H and O–H groups in total. The Bertz CT molecular complexity index is 3790. The fraction of sp³-hybridized carbons (Fsp3) is 0.0159. The van der Waals surface area contributed by atoms with Crippen molar-refractivity contribution in [3.63, 3.8) is 0 Å². The Morgan fingerprint density at radius 3 is 1.27 bits per heavy atom. The third-order valence-electron chi connectivity index (χ3n) is 14.5. The topological polar surface area (TPSA) is 0 Å². The van der Waals surface area contributed by atoms with Gasteiger partial charge in [0.05, 0.1) is 5.41 Å². The Morgan fingerprint density at radius 1 is 0.206 bits per heavy atom.